The summed E-state index contributed by atoms with van der Waals surface area (Å²) in [5, 5.41) is 6.46. The fourth-order valence-electron chi connectivity index (χ4n) is 2.89. The van der Waals surface area contributed by atoms with Crippen LogP contribution in [0.1, 0.15) is 36.7 Å². The van der Waals surface area contributed by atoms with E-state index >= 15 is 0 Å². The van der Waals surface area contributed by atoms with Crippen molar-refractivity contribution in [2.75, 3.05) is 25.0 Å². The Kier molecular flexibility index (Phi) is 5.37. The zero-order chi connectivity index (χ0) is 21.6. The quantitative estimate of drug-likeness (QED) is 0.780. The van der Waals surface area contributed by atoms with Crippen LogP contribution in [0.2, 0.25) is 0 Å². The van der Waals surface area contributed by atoms with Gasteiger partial charge in [-0.25, -0.2) is 9.78 Å². The minimum absolute atomic E-state index is 0.0164. The number of aromatic nitrogens is 1. The molecule has 29 heavy (non-hydrogen) atoms. The van der Waals surface area contributed by atoms with Gasteiger partial charge in [-0.05, 0) is 26.8 Å². The fourth-order valence-corrected chi connectivity index (χ4v) is 3.92. The number of ether oxygens (including phenoxy) is 1. The van der Waals surface area contributed by atoms with E-state index in [1.54, 1.807) is 25.7 Å². The van der Waals surface area contributed by atoms with Gasteiger partial charge >= 0.3 is 12.3 Å². The van der Waals surface area contributed by atoms with Crippen LogP contribution in [0, 0.1) is 0 Å². The van der Waals surface area contributed by atoms with Crippen LogP contribution in [-0.2, 0) is 10.9 Å². The summed E-state index contributed by atoms with van der Waals surface area (Å²) >= 11 is 0.836. The van der Waals surface area contributed by atoms with E-state index in [9.17, 15) is 22.8 Å². The molecule has 158 valence electrons. The molecule has 0 aromatic carbocycles. The van der Waals surface area contributed by atoms with E-state index in [0.717, 1.165) is 17.4 Å². The topological polar surface area (TPSA) is 83.6 Å². The number of amides is 2. The Morgan fingerprint density at radius 3 is 2.48 bits per heavy atom. The van der Waals surface area contributed by atoms with E-state index in [2.05, 4.69) is 15.6 Å². The van der Waals surface area contributed by atoms with Crippen LogP contribution >= 0.6 is 11.3 Å². The van der Waals surface area contributed by atoms with Crippen molar-refractivity contribution >= 4 is 39.4 Å². The smallest absolute Gasteiger partial charge is 0.417 e. The van der Waals surface area contributed by atoms with Gasteiger partial charge in [-0.3, -0.25) is 4.79 Å². The summed E-state index contributed by atoms with van der Waals surface area (Å²) in [7, 11) is 1.41. The highest BCUT2D eigenvalue weighted by Crippen LogP contribution is 2.40. The van der Waals surface area contributed by atoms with Crippen molar-refractivity contribution in [3.8, 4) is 0 Å². The summed E-state index contributed by atoms with van der Waals surface area (Å²) in [6, 6.07) is 0.716. The first kappa shape index (κ1) is 21.2. The van der Waals surface area contributed by atoms with E-state index in [0.29, 0.717) is 0 Å². The normalized spacial score (nSPS) is 15.2. The third-order valence-corrected chi connectivity index (χ3v) is 5.22. The van der Waals surface area contributed by atoms with Crippen molar-refractivity contribution in [3.05, 3.63) is 22.6 Å². The number of hydrogen-bond donors (Lipinski definition) is 2. The largest absolute Gasteiger partial charge is 0.444 e. The molecule has 1 saturated heterocycles. The van der Waals surface area contributed by atoms with E-state index in [1.807, 2.05) is 0 Å². The molecule has 11 heteroatoms. The van der Waals surface area contributed by atoms with Gasteiger partial charge < -0.3 is 20.3 Å². The molecule has 2 N–H and O–H groups in total. The summed E-state index contributed by atoms with van der Waals surface area (Å²) in [6.07, 6.45) is -5.17. The first-order valence-corrected chi connectivity index (χ1v) is 9.73. The second-order valence-electron chi connectivity index (χ2n) is 7.68. The highest BCUT2D eigenvalue weighted by Gasteiger charge is 2.37. The SMILES string of the molecule is CNC(=O)c1csc2c(C(F)(F)F)cc(N3CC(NC(=O)OC(C)(C)C)C3)nc12. The highest BCUT2D eigenvalue weighted by atomic mass is 32.1. The molecule has 2 aromatic heterocycles. The molecular formula is C18H21F3N4O3S. The lowest BCUT2D eigenvalue weighted by molar-refractivity contribution is -0.136. The molecule has 7 nitrogen and oxygen atoms in total. The summed E-state index contributed by atoms with van der Waals surface area (Å²) in [4.78, 5) is 29.7. The maximum Gasteiger partial charge on any atom is 0.417 e. The number of thiophene rings is 1. The number of alkyl carbamates (subject to hydrolysis) is 1. The molecule has 1 fully saturated rings. The third-order valence-electron chi connectivity index (χ3n) is 4.21. The van der Waals surface area contributed by atoms with Gasteiger partial charge in [-0.2, -0.15) is 13.2 Å². The van der Waals surface area contributed by atoms with Crippen LogP contribution < -0.4 is 15.5 Å². The predicted octanol–water partition coefficient (Wildman–Crippen LogP) is 3.39. The Labute approximate surface area is 169 Å². The Hall–Kier alpha value is -2.56. The monoisotopic (exact) mass is 430 g/mol. The maximum absolute atomic E-state index is 13.6. The highest BCUT2D eigenvalue weighted by molar-refractivity contribution is 7.17. The molecule has 1 aliphatic heterocycles. The number of nitrogens with one attached hydrogen (secondary N) is 2. The van der Waals surface area contributed by atoms with Gasteiger partial charge in [-0.1, -0.05) is 0 Å². The van der Waals surface area contributed by atoms with Crippen molar-refractivity contribution in [2.24, 2.45) is 0 Å². The lowest BCUT2D eigenvalue weighted by atomic mass is 10.1. The van der Waals surface area contributed by atoms with Crippen LogP contribution in [0.3, 0.4) is 0 Å². The van der Waals surface area contributed by atoms with Crippen LogP contribution in [0.25, 0.3) is 10.2 Å². The van der Waals surface area contributed by atoms with E-state index in [1.165, 1.54) is 12.4 Å². The van der Waals surface area contributed by atoms with Crippen molar-refractivity contribution in [1.29, 1.82) is 0 Å². The van der Waals surface area contributed by atoms with Gasteiger partial charge in [0.05, 0.1) is 27.4 Å². The molecule has 2 amide bonds. The van der Waals surface area contributed by atoms with Crippen molar-refractivity contribution in [3.63, 3.8) is 0 Å². The zero-order valence-electron chi connectivity index (χ0n) is 16.3. The Morgan fingerprint density at radius 1 is 1.28 bits per heavy atom. The Bertz CT molecular complexity index is 946. The number of anilines is 1. The summed E-state index contributed by atoms with van der Waals surface area (Å²) in [6.45, 7) is 5.79. The molecule has 0 aliphatic carbocycles. The molecule has 0 saturated carbocycles. The predicted molar refractivity (Wildman–Crippen MR) is 103 cm³/mol. The van der Waals surface area contributed by atoms with E-state index < -0.39 is 29.3 Å². The summed E-state index contributed by atoms with van der Waals surface area (Å²) < 4.78 is 45.8. The number of alkyl halides is 3. The van der Waals surface area contributed by atoms with Gasteiger partial charge in [0.1, 0.15) is 11.4 Å². The molecule has 3 heterocycles. The molecule has 0 unspecified atom stereocenters. The lowest BCUT2D eigenvalue weighted by Crippen LogP contribution is -2.60. The number of rotatable bonds is 3. The van der Waals surface area contributed by atoms with Crippen LogP contribution in [0.5, 0.6) is 0 Å². The Balaban J connectivity index is 1.84. The number of halogens is 3. The average Bonchev–Trinajstić information content (AvgIpc) is 2.97. The second-order valence-corrected chi connectivity index (χ2v) is 8.56. The maximum atomic E-state index is 13.6. The molecule has 0 bridgehead atoms. The minimum atomic E-state index is -4.58. The van der Waals surface area contributed by atoms with Gasteiger partial charge in [-0.15, -0.1) is 11.3 Å². The van der Waals surface area contributed by atoms with Crippen molar-refractivity contribution in [2.45, 2.75) is 38.6 Å². The molecular weight excluding hydrogens is 409 g/mol. The summed E-state index contributed by atoms with van der Waals surface area (Å²) in [5.41, 5.74) is -1.36. The third kappa shape index (κ3) is 4.55. The number of fused-ring (bicyclic) bond motifs is 1. The van der Waals surface area contributed by atoms with Gasteiger partial charge in [0.25, 0.3) is 5.91 Å². The summed E-state index contributed by atoms with van der Waals surface area (Å²) in [5.74, 6) is -0.391. The van der Waals surface area contributed by atoms with Crippen molar-refractivity contribution in [1.82, 2.24) is 15.6 Å². The molecule has 0 spiro atoms. The van der Waals surface area contributed by atoms with Crippen LogP contribution in [0.15, 0.2) is 11.4 Å². The standard InChI is InChI=1S/C18H21F3N4O3S/c1-17(2,3)28-16(27)23-9-6-25(7-9)12-5-11(18(19,20)21)14-13(24-12)10(8-29-14)15(26)22-4/h5,8-9H,6-7H2,1-4H3,(H,22,26)(H,23,27). The molecule has 2 aromatic rings. The average molecular weight is 430 g/mol. The molecule has 3 rings (SSSR count). The lowest BCUT2D eigenvalue weighted by Gasteiger charge is -2.40. The fraction of sp³-hybridized carbons (Fsp3) is 0.500. The van der Waals surface area contributed by atoms with E-state index in [4.69, 9.17) is 4.74 Å². The van der Waals surface area contributed by atoms with Gasteiger partial charge in [0, 0.05) is 25.5 Å². The van der Waals surface area contributed by atoms with Crippen molar-refractivity contribution < 1.29 is 27.5 Å². The molecule has 1 aliphatic rings. The van der Waals surface area contributed by atoms with E-state index in [-0.39, 0.29) is 40.7 Å². The Morgan fingerprint density at radius 2 is 1.93 bits per heavy atom. The van der Waals surface area contributed by atoms with Crippen LogP contribution in [-0.4, -0.2) is 48.8 Å². The first-order valence-electron chi connectivity index (χ1n) is 8.85. The number of pyridine rings is 1. The zero-order valence-corrected chi connectivity index (χ0v) is 17.1. The number of carbonyl (C=O) groups excluding carboxylic acids is 2. The number of carbonyl (C=O) groups is 2. The molecule has 0 atom stereocenters. The molecule has 0 radical (unpaired) electrons. The number of nitrogens with zero attached hydrogens (tertiary/aromatic N) is 2. The van der Waals surface area contributed by atoms with Gasteiger partial charge in [0.15, 0.2) is 0 Å². The number of hydrogen-bond acceptors (Lipinski definition) is 6. The van der Waals surface area contributed by atoms with Gasteiger partial charge in [0.2, 0.25) is 0 Å². The second kappa shape index (κ2) is 7.36. The first-order chi connectivity index (χ1) is 13.4. The minimum Gasteiger partial charge on any atom is -0.444 e. The van der Waals surface area contributed by atoms with Crippen LogP contribution in [0.4, 0.5) is 23.8 Å².